The molecule has 0 saturated heterocycles. The molecule has 62 heavy (non-hydrogen) atoms. The molecule has 0 heterocycles. The van der Waals surface area contributed by atoms with Crippen LogP contribution < -0.4 is 0 Å². The third-order valence-electron chi connectivity index (χ3n) is 10.2. The first-order valence-electron chi connectivity index (χ1n) is 24.1. The normalized spacial score (nSPS) is 13.3. The van der Waals surface area contributed by atoms with E-state index >= 15 is 0 Å². The van der Waals surface area contributed by atoms with Crippen molar-refractivity contribution in [3.8, 4) is 0 Å². The maximum atomic E-state index is 5.80. The predicted molar refractivity (Wildman–Crippen MR) is 258 cm³/mol. The molecule has 0 aliphatic rings. The molecular weight excluding hydrogens is 829 g/mol. The van der Waals surface area contributed by atoms with Gasteiger partial charge in [0.2, 0.25) is 0 Å². The van der Waals surface area contributed by atoms with Crippen LogP contribution in [-0.2, 0) is 57.9 Å². The Morgan fingerprint density at radius 1 is 0.323 bits per heavy atom. The quantitative estimate of drug-likeness (QED) is 0.0458. The van der Waals surface area contributed by atoms with E-state index in [2.05, 4.69) is 58.9 Å². The average Bonchev–Trinajstić information content (AvgIpc) is 3.26. The van der Waals surface area contributed by atoms with Crippen molar-refractivity contribution >= 4 is 21.6 Å². The van der Waals surface area contributed by atoms with Crippen LogP contribution in [-0.4, -0.2) is 151 Å². The van der Waals surface area contributed by atoms with Gasteiger partial charge in [-0.15, -0.1) is 0 Å². The Bertz CT molecular complexity index is 1000. The zero-order valence-electron chi connectivity index (χ0n) is 40.0. The van der Waals surface area contributed by atoms with Gasteiger partial charge in [0, 0.05) is 18.1 Å². The molecule has 13 heteroatoms. The van der Waals surface area contributed by atoms with Gasteiger partial charge in [0.15, 0.2) is 0 Å². The zero-order chi connectivity index (χ0) is 44.7. The average molecular weight is 921 g/mol. The lowest BCUT2D eigenvalue weighted by molar-refractivity contribution is -0.0274. The van der Waals surface area contributed by atoms with E-state index in [1.807, 2.05) is 27.7 Å². The molecule has 3 atom stereocenters. The monoisotopic (exact) mass is 921 g/mol. The van der Waals surface area contributed by atoms with E-state index in [-0.39, 0.29) is 0 Å². The number of ether oxygens (including phenoxy) is 11. The van der Waals surface area contributed by atoms with Crippen molar-refractivity contribution in [2.45, 2.75) is 105 Å². The second-order valence-electron chi connectivity index (χ2n) is 16.6. The van der Waals surface area contributed by atoms with Crippen LogP contribution in [0.1, 0.15) is 104 Å². The first-order valence-corrected chi connectivity index (χ1v) is 26.6. The van der Waals surface area contributed by atoms with Crippen molar-refractivity contribution in [3.05, 3.63) is 35.9 Å². The largest absolute Gasteiger partial charge is 0.379 e. The number of hydrogen-bond donors (Lipinski definition) is 0. The molecule has 0 aliphatic carbocycles. The SMILES string of the molecule is CC(C)CCCC(C)CCCC(C)CCCC(C)CCOCCOCCOCCOCCOCCOCCOCCOCCOCCOCCOCCSSCc1ccccc1. The molecule has 11 nitrogen and oxygen atoms in total. The van der Waals surface area contributed by atoms with Gasteiger partial charge in [-0.3, -0.25) is 0 Å². The van der Waals surface area contributed by atoms with E-state index in [0.29, 0.717) is 132 Å². The van der Waals surface area contributed by atoms with Crippen molar-refractivity contribution in [2.24, 2.45) is 23.7 Å². The van der Waals surface area contributed by atoms with Crippen molar-refractivity contribution in [1.82, 2.24) is 0 Å². The van der Waals surface area contributed by atoms with E-state index in [9.17, 15) is 0 Å². The summed E-state index contributed by atoms with van der Waals surface area (Å²) >= 11 is 0. The fraction of sp³-hybridized carbons (Fsp3) is 0.878. The Hall–Kier alpha value is -0.520. The van der Waals surface area contributed by atoms with Crippen LogP contribution in [0.4, 0.5) is 0 Å². The summed E-state index contributed by atoms with van der Waals surface area (Å²) in [5, 5.41) is 0. The molecule has 0 saturated carbocycles. The highest BCUT2D eigenvalue weighted by Gasteiger charge is 2.09. The van der Waals surface area contributed by atoms with Crippen LogP contribution >= 0.6 is 21.6 Å². The highest BCUT2D eigenvalue weighted by molar-refractivity contribution is 8.76. The minimum absolute atomic E-state index is 0.520. The van der Waals surface area contributed by atoms with Gasteiger partial charge in [-0.2, -0.15) is 0 Å². The smallest absolute Gasteiger partial charge is 0.0701 e. The van der Waals surface area contributed by atoms with E-state index in [0.717, 1.165) is 54.8 Å². The summed E-state index contributed by atoms with van der Waals surface area (Å²) in [6, 6.07) is 10.5. The van der Waals surface area contributed by atoms with E-state index in [4.69, 9.17) is 52.1 Å². The second-order valence-corrected chi connectivity index (χ2v) is 19.2. The maximum absolute atomic E-state index is 5.80. The van der Waals surface area contributed by atoms with Gasteiger partial charge in [-0.1, -0.05) is 144 Å². The van der Waals surface area contributed by atoms with Gasteiger partial charge in [0.25, 0.3) is 0 Å². The Morgan fingerprint density at radius 2 is 0.613 bits per heavy atom. The van der Waals surface area contributed by atoms with E-state index in [1.54, 1.807) is 0 Å². The third kappa shape index (κ3) is 46.0. The van der Waals surface area contributed by atoms with Gasteiger partial charge < -0.3 is 52.1 Å². The van der Waals surface area contributed by atoms with E-state index in [1.165, 1.54) is 63.4 Å². The molecule has 0 radical (unpaired) electrons. The van der Waals surface area contributed by atoms with Gasteiger partial charge >= 0.3 is 0 Å². The van der Waals surface area contributed by atoms with Crippen LogP contribution in [0, 0.1) is 23.7 Å². The first-order chi connectivity index (χ1) is 30.5. The molecule has 3 unspecified atom stereocenters. The summed E-state index contributed by atoms with van der Waals surface area (Å²) in [4.78, 5) is 0. The molecule has 0 amide bonds. The molecule has 0 aliphatic heterocycles. The molecule has 0 N–H and O–H groups in total. The number of rotatable bonds is 51. The fourth-order valence-electron chi connectivity index (χ4n) is 6.36. The van der Waals surface area contributed by atoms with E-state index < -0.39 is 0 Å². The number of hydrogen-bond acceptors (Lipinski definition) is 13. The molecule has 1 rings (SSSR count). The Labute approximate surface area is 387 Å². The first kappa shape index (κ1) is 59.5. The van der Waals surface area contributed by atoms with Crippen LogP contribution in [0.3, 0.4) is 0 Å². The lowest BCUT2D eigenvalue weighted by Crippen LogP contribution is -2.15. The Morgan fingerprint density at radius 3 is 0.952 bits per heavy atom. The fourth-order valence-corrected chi connectivity index (χ4v) is 8.29. The standard InChI is InChI=1S/C49H92O11S2/c1-45(2)12-9-13-46(3)14-10-15-47(4)16-11-17-48(5)20-21-50-22-23-51-24-25-52-26-27-53-28-29-54-30-31-55-32-33-56-34-35-57-36-37-58-38-39-59-40-41-60-42-43-61-62-44-49-18-7-6-8-19-49/h6-8,18-19,45-48H,9-17,20-44H2,1-5H3. The lowest BCUT2D eigenvalue weighted by atomic mass is 9.91. The summed E-state index contributed by atoms with van der Waals surface area (Å²) in [7, 11) is 3.70. The Kier molecular flexibility index (Phi) is 46.5. The highest BCUT2D eigenvalue weighted by atomic mass is 33.1. The Balaban J connectivity index is 1.65. The summed E-state index contributed by atoms with van der Waals surface area (Å²) < 4.78 is 61.4. The molecule has 0 bridgehead atoms. The zero-order valence-corrected chi connectivity index (χ0v) is 41.7. The molecule has 0 fully saturated rings. The minimum atomic E-state index is 0.520. The summed E-state index contributed by atoms with van der Waals surface area (Å²) in [6.45, 7) is 24.4. The lowest BCUT2D eigenvalue weighted by Gasteiger charge is -2.16. The molecule has 1 aromatic carbocycles. The van der Waals surface area contributed by atoms with Gasteiger partial charge in [0.1, 0.15) is 0 Å². The maximum Gasteiger partial charge on any atom is 0.0701 e. The van der Waals surface area contributed by atoms with Crippen LogP contribution in [0.25, 0.3) is 0 Å². The van der Waals surface area contributed by atoms with Crippen molar-refractivity contribution < 1.29 is 52.1 Å². The predicted octanol–water partition coefficient (Wildman–Crippen LogP) is 10.2. The van der Waals surface area contributed by atoms with Gasteiger partial charge in [0.05, 0.1) is 139 Å². The van der Waals surface area contributed by atoms with Gasteiger partial charge in [-0.25, -0.2) is 0 Å². The third-order valence-corrected chi connectivity index (χ3v) is 12.5. The van der Waals surface area contributed by atoms with Gasteiger partial charge in [-0.05, 0) is 35.7 Å². The summed E-state index contributed by atoms with van der Waals surface area (Å²) in [6.07, 6.45) is 13.5. The van der Waals surface area contributed by atoms with Crippen molar-refractivity contribution in [1.29, 1.82) is 0 Å². The molecular formula is C49H92O11S2. The number of benzene rings is 1. The summed E-state index contributed by atoms with van der Waals surface area (Å²) in [5.74, 6) is 5.29. The topological polar surface area (TPSA) is 102 Å². The highest BCUT2D eigenvalue weighted by Crippen LogP contribution is 2.25. The molecule has 366 valence electrons. The molecule has 1 aromatic rings. The van der Waals surface area contributed by atoms with Crippen molar-refractivity contribution in [3.63, 3.8) is 0 Å². The molecule has 0 aromatic heterocycles. The van der Waals surface area contributed by atoms with Crippen LogP contribution in [0.5, 0.6) is 0 Å². The van der Waals surface area contributed by atoms with Crippen LogP contribution in [0.15, 0.2) is 30.3 Å². The van der Waals surface area contributed by atoms with Crippen LogP contribution in [0.2, 0.25) is 0 Å². The second kappa shape index (κ2) is 48.4. The van der Waals surface area contributed by atoms with Crippen molar-refractivity contribution in [2.75, 3.05) is 151 Å². The summed E-state index contributed by atoms with van der Waals surface area (Å²) in [5.41, 5.74) is 1.35. The molecule has 0 spiro atoms. The minimum Gasteiger partial charge on any atom is -0.379 e.